The van der Waals surface area contributed by atoms with E-state index in [4.69, 9.17) is 21.8 Å². The highest BCUT2D eigenvalue weighted by molar-refractivity contribution is 6.30. The molecule has 78 valence electrons. The van der Waals surface area contributed by atoms with Crippen molar-refractivity contribution in [2.75, 3.05) is 5.32 Å². The number of oxazole rings is 1. The van der Waals surface area contributed by atoms with Crippen LogP contribution in [-0.4, -0.2) is 4.98 Å². The van der Waals surface area contributed by atoms with Crippen molar-refractivity contribution >= 4 is 23.3 Å². The Hall–Kier alpha value is -1.52. The van der Waals surface area contributed by atoms with Crippen LogP contribution < -0.4 is 11.1 Å². The fraction of sp³-hybridized carbons (Fsp3) is 0.100. The van der Waals surface area contributed by atoms with E-state index in [9.17, 15) is 0 Å². The molecule has 2 aromatic rings. The van der Waals surface area contributed by atoms with Gasteiger partial charge in [0.05, 0.1) is 5.69 Å². The highest BCUT2D eigenvalue weighted by Gasteiger charge is 2.02. The molecule has 1 heterocycles. The maximum Gasteiger partial charge on any atom is 0.299 e. The zero-order valence-corrected chi connectivity index (χ0v) is 8.66. The van der Waals surface area contributed by atoms with Crippen molar-refractivity contribution in [3.63, 3.8) is 0 Å². The molecule has 0 radical (unpaired) electrons. The highest BCUT2D eigenvalue weighted by Crippen LogP contribution is 2.19. The minimum atomic E-state index is 0.362. The van der Waals surface area contributed by atoms with Crippen molar-refractivity contribution in [1.29, 1.82) is 0 Å². The van der Waals surface area contributed by atoms with Crippen LogP contribution in [0, 0.1) is 0 Å². The summed E-state index contributed by atoms with van der Waals surface area (Å²) in [6, 6.07) is 7.72. The Morgan fingerprint density at radius 1 is 1.47 bits per heavy atom. The number of halogens is 1. The van der Waals surface area contributed by atoms with Crippen LogP contribution in [0.2, 0.25) is 5.02 Å². The Morgan fingerprint density at radius 2 is 2.33 bits per heavy atom. The molecule has 0 amide bonds. The second kappa shape index (κ2) is 4.33. The molecule has 0 aliphatic carbocycles. The molecule has 0 saturated carbocycles. The lowest BCUT2D eigenvalue weighted by atomic mass is 10.3. The molecule has 2 rings (SSSR count). The number of nitrogens with two attached hydrogens (primary N) is 1. The van der Waals surface area contributed by atoms with Gasteiger partial charge >= 0.3 is 0 Å². The number of hydrogen-bond acceptors (Lipinski definition) is 4. The van der Waals surface area contributed by atoms with Gasteiger partial charge in [-0.2, -0.15) is 4.98 Å². The van der Waals surface area contributed by atoms with Gasteiger partial charge in [-0.25, -0.2) is 0 Å². The van der Waals surface area contributed by atoms with E-state index in [1.54, 1.807) is 12.1 Å². The summed E-state index contributed by atoms with van der Waals surface area (Å²) in [6.45, 7) is 0.362. The molecule has 4 nitrogen and oxygen atoms in total. The van der Waals surface area contributed by atoms with E-state index in [2.05, 4.69) is 10.3 Å². The molecule has 1 aromatic carbocycles. The Labute approximate surface area is 92.1 Å². The van der Waals surface area contributed by atoms with Crippen LogP contribution in [0.15, 0.2) is 34.9 Å². The lowest BCUT2D eigenvalue weighted by Gasteiger charge is -2.00. The van der Waals surface area contributed by atoms with Crippen LogP contribution in [0.4, 0.5) is 11.7 Å². The van der Waals surface area contributed by atoms with Crippen LogP contribution in [0.25, 0.3) is 0 Å². The summed E-state index contributed by atoms with van der Waals surface area (Å²) < 4.78 is 5.15. The summed E-state index contributed by atoms with van der Waals surface area (Å²) in [6.07, 6.45) is 1.52. The summed E-state index contributed by atoms with van der Waals surface area (Å²) in [4.78, 5) is 4.11. The fourth-order valence-corrected chi connectivity index (χ4v) is 1.34. The van der Waals surface area contributed by atoms with Gasteiger partial charge in [-0.1, -0.05) is 17.7 Å². The molecule has 0 unspecified atom stereocenters. The third kappa shape index (κ3) is 2.49. The number of benzene rings is 1. The average molecular weight is 224 g/mol. The topological polar surface area (TPSA) is 64.1 Å². The first-order valence-electron chi connectivity index (χ1n) is 4.45. The van der Waals surface area contributed by atoms with Crippen molar-refractivity contribution < 1.29 is 4.42 Å². The molecule has 0 bridgehead atoms. The van der Waals surface area contributed by atoms with Gasteiger partial charge < -0.3 is 15.5 Å². The molecule has 15 heavy (non-hydrogen) atoms. The highest BCUT2D eigenvalue weighted by atomic mass is 35.5. The van der Waals surface area contributed by atoms with Gasteiger partial charge in [0.25, 0.3) is 6.01 Å². The van der Waals surface area contributed by atoms with Crippen molar-refractivity contribution in [1.82, 2.24) is 4.98 Å². The molecule has 0 spiro atoms. The van der Waals surface area contributed by atoms with E-state index in [0.29, 0.717) is 23.3 Å². The maximum atomic E-state index is 5.83. The number of nitrogens with zero attached hydrogens (tertiary/aromatic N) is 1. The summed E-state index contributed by atoms with van der Waals surface area (Å²) in [5.74, 6) is 0. The summed E-state index contributed by atoms with van der Waals surface area (Å²) in [7, 11) is 0. The summed E-state index contributed by atoms with van der Waals surface area (Å²) >= 11 is 5.83. The minimum absolute atomic E-state index is 0.362. The molecule has 0 aliphatic heterocycles. The van der Waals surface area contributed by atoms with Gasteiger partial charge in [0.15, 0.2) is 0 Å². The molecular weight excluding hydrogens is 214 g/mol. The van der Waals surface area contributed by atoms with Crippen LogP contribution >= 0.6 is 11.6 Å². The Kier molecular flexibility index (Phi) is 2.89. The molecule has 3 N–H and O–H groups in total. The third-order valence-electron chi connectivity index (χ3n) is 1.84. The Morgan fingerprint density at radius 3 is 3.00 bits per heavy atom. The van der Waals surface area contributed by atoms with E-state index in [0.717, 1.165) is 5.69 Å². The molecule has 0 fully saturated rings. The summed E-state index contributed by atoms with van der Waals surface area (Å²) in [5.41, 5.74) is 6.94. The standard InChI is InChI=1S/C10H10ClN3O/c11-7-2-1-3-8(4-7)13-10-14-9(5-12)6-15-10/h1-4,6H,5,12H2,(H,13,14). The van der Waals surface area contributed by atoms with Crippen LogP contribution in [0.3, 0.4) is 0 Å². The monoisotopic (exact) mass is 223 g/mol. The van der Waals surface area contributed by atoms with Gasteiger partial charge in [-0.05, 0) is 18.2 Å². The van der Waals surface area contributed by atoms with E-state index >= 15 is 0 Å². The maximum absolute atomic E-state index is 5.83. The van der Waals surface area contributed by atoms with E-state index in [1.807, 2.05) is 12.1 Å². The smallest absolute Gasteiger partial charge is 0.299 e. The molecular formula is C10H10ClN3O. The average Bonchev–Trinajstić information content (AvgIpc) is 2.65. The van der Waals surface area contributed by atoms with E-state index < -0.39 is 0 Å². The zero-order valence-electron chi connectivity index (χ0n) is 7.90. The molecule has 0 aliphatic rings. The second-order valence-corrected chi connectivity index (χ2v) is 3.42. The second-order valence-electron chi connectivity index (χ2n) is 2.98. The quantitative estimate of drug-likeness (QED) is 0.839. The van der Waals surface area contributed by atoms with Crippen molar-refractivity contribution in [2.24, 2.45) is 5.73 Å². The normalized spacial score (nSPS) is 10.3. The Bertz CT molecular complexity index is 455. The Balaban J connectivity index is 2.14. The van der Waals surface area contributed by atoms with Crippen LogP contribution in [0.5, 0.6) is 0 Å². The predicted octanol–water partition coefficient (Wildman–Crippen LogP) is 2.53. The zero-order chi connectivity index (χ0) is 10.7. The summed E-state index contributed by atoms with van der Waals surface area (Å²) in [5, 5.41) is 3.64. The molecule has 5 heteroatoms. The number of nitrogens with one attached hydrogen (secondary N) is 1. The van der Waals surface area contributed by atoms with Gasteiger partial charge in [-0.3, -0.25) is 0 Å². The fourth-order valence-electron chi connectivity index (χ4n) is 1.15. The number of hydrogen-bond donors (Lipinski definition) is 2. The number of aromatic nitrogens is 1. The first-order chi connectivity index (χ1) is 7.28. The molecule has 0 atom stereocenters. The molecule has 1 aromatic heterocycles. The van der Waals surface area contributed by atoms with Gasteiger partial charge in [0, 0.05) is 17.3 Å². The minimum Gasteiger partial charge on any atom is -0.432 e. The number of anilines is 2. The van der Waals surface area contributed by atoms with Crippen molar-refractivity contribution in [3.05, 3.63) is 41.2 Å². The predicted molar refractivity (Wildman–Crippen MR) is 59.1 cm³/mol. The first kappa shape index (κ1) is 10.0. The van der Waals surface area contributed by atoms with Gasteiger partial charge in [-0.15, -0.1) is 0 Å². The number of rotatable bonds is 3. The molecule has 0 saturated heterocycles. The van der Waals surface area contributed by atoms with Crippen LogP contribution in [0.1, 0.15) is 5.69 Å². The van der Waals surface area contributed by atoms with Gasteiger partial charge in [0.2, 0.25) is 0 Å². The first-order valence-corrected chi connectivity index (χ1v) is 4.83. The van der Waals surface area contributed by atoms with Gasteiger partial charge in [0.1, 0.15) is 6.26 Å². The van der Waals surface area contributed by atoms with E-state index in [1.165, 1.54) is 6.26 Å². The van der Waals surface area contributed by atoms with Crippen molar-refractivity contribution in [3.8, 4) is 0 Å². The lowest BCUT2D eigenvalue weighted by Crippen LogP contribution is -1.96. The van der Waals surface area contributed by atoms with Crippen molar-refractivity contribution in [2.45, 2.75) is 6.54 Å². The van der Waals surface area contributed by atoms with Crippen LogP contribution in [-0.2, 0) is 6.54 Å². The third-order valence-corrected chi connectivity index (χ3v) is 2.07. The largest absolute Gasteiger partial charge is 0.432 e. The lowest BCUT2D eigenvalue weighted by molar-refractivity contribution is 0.576. The van der Waals surface area contributed by atoms with E-state index in [-0.39, 0.29) is 0 Å². The SMILES string of the molecule is NCc1coc(Nc2cccc(Cl)c2)n1.